The zero-order valence-corrected chi connectivity index (χ0v) is 20.6. The summed E-state index contributed by atoms with van der Waals surface area (Å²) in [6.45, 7) is 9.75. The van der Waals surface area contributed by atoms with Crippen molar-refractivity contribution in [3.05, 3.63) is 88.6 Å². The lowest BCUT2D eigenvalue weighted by atomic mass is 9.83. The predicted molar refractivity (Wildman–Crippen MR) is 137 cm³/mol. The summed E-state index contributed by atoms with van der Waals surface area (Å²) in [6.07, 6.45) is 3.39. The molecule has 1 aliphatic rings. The van der Waals surface area contributed by atoms with E-state index in [9.17, 15) is 9.59 Å². The highest BCUT2D eigenvalue weighted by Gasteiger charge is 2.36. The van der Waals surface area contributed by atoms with Crippen molar-refractivity contribution in [2.24, 2.45) is 0 Å². The molecule has 6 heteroatoms. The first-order chi connectivity index (χ1) is 16.3. The molecule has 0 atom stereocenters. The lowest BCUT2D eigenvalue weighted by Gasteiger charge is -2.42. The van der Waals surface area contributed by atoms with Gasteiger partial charge in [-0.3, -0.25) is 9.69 Å². The van der Waals surface area contributed by atoms with Crippen molar-refractivity contribution in [1.82, 2.24) is 0 Å². The molecule has 0 saturated carbocycles. The average molecular weight is 474 g/mol. The fourth-order valence-electron chi connectivity index (χ4n) is 4.61. The summed E-state index contributed by atoms with van der Waals surface area (Å²) in [4.78, 5) is 27.9. The third-order valence-electron chi connectivity index (χ3n) is 5.93. The second-order valence-corrected chi connectivity index (χ2v) is 9.55. The van der Waals surface area contributed by atoms with Gasteiger partial charge in [0.05, 0.1) is 18.3 Å². The zero-order chi connectivity index (χ0) is 24.5. The largest absolute Gasteiger partial charge is 0.496 e. The Kier molecular flexibility index (Phi) is 6.44. The first kappa shape index (κ1) is 23.5. The number of ether oxygens (including phenoxy) is 2. The van der Waals surface area contributed by atoms with E-state index >= 15 is 0 Å². The molecule has 5 nitrogen and oxygen atoms in total. The quantitative estimate of drug-likeness (QED) is 0.303. The number of carbonyl (C=O) groups is 2. The highest BCUT2D eigenvalue weighted by molar-refractivity contribution is 7.11. The van der Waals surface area contributed by atoms with Crippen LogP contribution in [-0.2, 0) is 16.1 Å². The summed E-state index contributed by atoms with van der Waals surface area (Å²) in [5.74, 6) is 0.141. The minimum atomic E-state index is -0.542. The summed E-state index contributed by atoms with van der Waals surface area (Å²) >= 11 is 1.34. The van der Waals surface area contributed by atoms with Crippen LogP contribution in [0.5, 0.6) is 5.75 Å². The van der Waals surface area contributed by atoms with Gasteiger partial charge in [0.25, 0.3) is 5.91 Å². The van der Waals surface area contributed by atoms with E-state index in [-0.39, 0.29) is 18.5 Å². The number of fused-ring (bicyclic) bond motifs is 1. The van der Waals surface area contributed by atoms with E-state index in [2.05, 4.69) is 12.7 Å². The van der Waals surface area contributed by atoms with Crippen molar-refractivity contribution < 1.29 is 19.1 Å². The number of amides is 1. The Bertz CT molecular complexity index is 1290. The number of esters is 1. The van der Waals surface area contributed by atoms with Crippen LogP contribution in [0.15, 0.2) is 72.6 Å². The molecule has 3 aromatic rings. The molecule has 1 aromatic heterocycles. The summed E-state index contributed by atoms with van der Waals surface area (Å²) in [7, 11) is 1.63. The SMILES string of the molecule is C=CC(=O)N1c2ccc(-c3ccccc3OC)c(COC(=O)c3cccs3)c2C(C)=CC1(C)C. The Morgan fingerprint density at radius 3 is 2.53 bits per heavy atom. The second kappa shape index (κ2) is 9.31. The molecule has 0 bridgehead atoms. The Balaban J connectivity index is 1.92. The number of hydrogen-bond donors (Lipinski definition) is 0. The van der Waals surface area contributed by atoms with Crippen molar-refractivity contribution in [3.8, 4) is 16.9 Å². The maximum Gasteiger partial charge on any atom is 0.348 e. The zero-order valence-electron chi connectivity index (χ0n) is 19.8. The van der Waals surface area contributed by atoms with Gasteiger partial charge in [-0.25, -0.2) is 4.79 Å². The number of nitrogens with zero attached hydrogens (tertiary/aromatic N) is 1. The van der Waals surface area contributed by atoms with E-state index < -0.39 is 5.54 Å². The van der Waals surface area contributed by atoms with E-state index in [0.717, 1.165) is 33.5 Å². The molecule has 1 amide bonds. The molecular weight excluding hydrogens is 446 g/mol. The van der Waals surface area contributed by atoms with E-state index in [1.807, 2.05) is 68.6 Å². The molecule has 0 radical (unpaired) electrons. The third-order valence-corrected chi connectivity index (χ3v) is 6.78. The van der Waals surface area contributed by atoms with Gasteiger partial charge in [-0.15, -0.1) is 11.3 Å². The molecule has 1 aliphatic heterocycles. The molecule has 0 aliphatic carbocycles. The second-order valence-electron chi connectivity index (χ2n) is 8.60. The van der Waals surface area contributed by atoms with Gasteiger partial charge < -0.3 is 9.47 Å². The van der Waals surface area contributed by atoms with Crippen LogP contribution in [0.25, 0.3) is 16.7 Å². The normalized spacial score (nSPS) is 14.1. The lowest BCUT2D eigenvalue weighted by Crippen LogP contribution is -2.48. The van der Waals surface area contributed by atoms with Gasteiger partial charge in [0.1, 0.15) is 17.2 Å². The molecular formula is C28H27NO4S. The monoisotopic (exact) mass is 473 g/mol. The summed E-state index contributed by atoms with van der Waals surface area (Å²) in [5, 5.41) is 1.84. The van der Waals surface area contributed by atoms with Gasteiger partial charge in [0, 0.05) is 16.7 Å². The maximum absolute atomic E-state index is 12.9. The highest BCUT2D eigenvalue weighted by atomic mass is 32.1. The molecule has 0 N–H and O–H groups in total. The van der Waals surface area contributed by atoms with Crippen LogP contribution >= 0.6 is 11.3 Å². The molecule has 4 rings (SSSR count). The Hall–Kier alpha value is -3.64. The molecule has 0 fully saturated rings. The number of methoxy groups -OCH3 is 1. The van der Waals surface area contributed by atoms with Crippen LogP contribution in [0.3, 0.4) is 0 Å². The number of anilines is 1. The molecule has 0 saturated heterocycles. The summed E-state index contributed by atoms with van der Waals surface area (Å²) < 4.78 is 11.4. The Morgan fingerprint density at radius 1 is 1.09 bits per heavy atom. The number of benzene rings is 2. The van der Waals surface area contributed by atoms with E-state index in [1.54, 1.807) is 18.1 Å². The van der Waals surface area contributed by atoms with Crippen molar-refractivity contribution >= 4 is 34.5 Å². The van der Waals surface area contributed by atoms with Gasteiger partial charge in [-0.2, -0.15) is 0 Å². The Morgan fingerprint density at radius 2 is 1.85 bits per heavy atom. The lowest BCUT2D eigenvalue weighted by molar-refractivity contribution is -0.114. The van der Waals surface area contributed by atoms with Crippen LogP contribution < -0.4 is 9.64 Å². The minimum Gasteiger partial charge on any atom is -0.496 e. The van der Waals surface area contributed by atoms with Gasteiger partial charge >= 0.3 is 5.97 Å². The summed E-state index contributed by atoms with van der Waals surface area (Å²) in [6, 6.07) is 15.2. The van der Waals surface area contributed by atoms with Gasteiger partial charge in [0.15, 0.2) is 0 Å². The van der Waals surface area contributed by atoms with Crippen molar-refractivity contribution in [3.63, 3.8) is 0 Å². The average Bonchev–Trinajstić information content (AvgIpc) is 3.36. The molecule has 0 spiro atoms. The fraction of sp³-hybridized carbons (Fsp3) is 0.214. The minimum absolute atomic E-state index is 0.0506. The molecule has 34 heavy (non-hydrogen) atoms. The van der Waals surface area contributed by atoms with E-state index in [4.69, 9.17) is 9.47 Å². The maximum atomic E-state index is 12.9. The van der Waals surface area contributed by atoms with Crippen LogP contribution in [-0.4, -0.2) is 24.5 Å². The molecule has 0 unspecified atom stereocenters. The molecule has 174 valence electrons. The van der Waals surface area contributed by atoms with Crippen LogP contribution in [0.4, 0.5) is 5.69 Å². The van der Waals surface area contributed by atoms with Gasteiger partial charge in [0.2, 0.25) is 0 Å². The fourth-order valence-corrected chi connectivity index (χ4v) is 5.22. The van der Waals surface area contributed by atoms with Crippen LogP contribution in [0.1, 0.15) is 41.6 Å². The van der Waals surface area contributed by atoms with Crippen molar-refractivity contribution in [1.29, 1.82) is 0 Å². The molecule has 2 heterocycles. The third kappa shape index (κ3) is 4.17. The predicted octanol–water partition coefficient (Wildman–Crippen LogP) is 6.50. The standard InChI is InChI=1S/C28H27NO4S/c1-6-25(30)29-22-14-13-19(20-10-7-8-11-23(20)32-5)21(26(22)18(2)16-28(29,3)4)17-33-27(31)24-12-9-15-34-24/h6-16H,1,17H2,2-5H3. The number of carbonyl (C=O) groups excluding carboxylic acids is 2. The molecule has 2 aromatic carbocycles. The van der Waals surface area contributed by atoms with E-state index in [1.165, 1.54) is 17.4 Å². The topological polar surface area (TPSA) is 55.8 Å². The van der Waals surface area contributed by atoms with Crippen molar-refractivity contribution in [2.45, 2.75) is 32.9 Å². The first-order valence-electron chi connectivity index (χ1n) is 10.9. The number of allylic oxidation sites excluding steroid dienone is 1. The van der Waals surface area contributed by atoms with Crippen molar-refractivity contribution in [2.75, 3.05) is 12.0 Å². The van der Waals surface area contributed by atoms with E-state index in [0.29, 0.717) is 10.6 Å². The smallest absolute Gasteiger partial charge is 0.348 e. The van der Waals surface area contributed by atoms with Gasteiger partial charge in [-0.1, -0.05) is 43.0 Å². The first-order valence-corrected chi connectivity index (χ1v) is 11.8. The number of hydrogen-bond acceptors (Lipinski definition) is 5. The Labute approximate surface area is 203 Å². The number of thiophene rings is 1. The van der Waals surface area contributed by atoms with Gasteiger partial charge in [-0.05, 0) is 61.6 Å². The number of rotatable bonds is 6. The van der Waals surface area contributed by atoms with Crippen LogP contribution in [0, 0.1) is 0 Å². The highest BCUT2D eigenvalue weighted by Crippen LogP contribution is 2.45. The number of para-hydroxylation sites is 1. The summed E-state index contributed by atoms with van der Waals surface area (Å²) in [5.41, 5.74) is 4.68. The van der Waals surface area contributed by atoms with Crippen LogP contribution in [0.2, 0.25) is 0 Å².